The molecule has 0 saturated heterocycles. The molecule has 1 aliphatic rings. The van der Waals surface area contributed by atoms with Gasteiger partial charge in [0.05, 0.1) is 6.04 Å². The Morgan fingerprint density at radius 3 is 2.56 bits per heavy atom. The van der Waals surface area contributed by atoms with E-state index in [9.17, 15) is 13.2 Å². The maximum absolute atomic E-state index is 12.9. The first-order valence-corrected chi connectivity index (χ1v) is 5.11. The minimum Gasteiger partial charge on any atom is -0.314 e. The molecule has 16 heavy (non-hydrogen) atoms. The van der Waals surface area contributed by atoms with Crippen molar-refractivity contribution in [1.29, 1.82) is 0 Å². The highest BCUT2D eigenvalue weighted by Gasteiger charge is 2.45. The predicted octanol–water partition coefficient (Wildman–Crippen LogP) is 1.60. The van der Waals surface area contributed by atoms with Gasteiger partial charge < -0.3 is 5.32 Å². The van der Waals surface area contributed by atoms with Crippen molar-refractivity contribution < 1.29 is 13.2 Å². The number of alkyl halides is 3. The molecule has 0 radical (unpaired) electrons. The Labute approximate surface area is 90.8 Å². The molecule has 2 atom stereocenters. The number of nitrogens with zero attached hydrogens (tertiary/aromatic N) is 3. The predicted molar refractivity (Wildman–Crippen MR) is 50.6 cm³/mol. The third-order valence-electron chi connectivity index (χ3n) is 2.76. The van der Waals surface area contributed by atoms with Crippen LogP contribution in [0.25, 0.3) is 0 Å². The molecule has 0 bridgehead atoms. The van der Waals surface area contributed by atoms with Gasteiger partial charge in [0.15, 0.2) is 5.69 Å². The van der Waals surface area contributed by atoms with E-state index in [0.717, 1.165) is 11.1 Å². The Hall–Kier alpha value is -1.11. The van der Waals surface area contributed by atoms with Gasteiger partial charge in [-0.05, 0) is 19.4 Å². The van der Waals surface area contributed by atoms with Gasteiger partial charge in [-0.25, -0.2) is 4.68 Å². The van der Waals surface area contributed by atoms with Crippen molar-refractivity contribution >= 4 is 0 Å². The van der Waals surface area contributed by atoms with Crippen LogP contribution in [0.1, 0.15) is 30.8 Å². The Bertz CT molecular complexity index is 385. The molecule has 90 valence electrons. The van der Waals surface area contributed by atoms with Gasteiger partial charge in [-0.15, -0.1) is 5.10 Å². The standard InChI is InChI=1S/C9H13F3N4/c1-5-3-7(5)16-8(9(10,11)12)6(4-13-2)14-15-16/h5,7,13H,3-4H2,1-2H3. The Morgan fingerprint density at radius 2 is 2.12 bits per heavy atom. The molecule has 7 heteroatoms. The normalized spacial score (nSPS) is 24.8. The van der Waals surface area contributed by atoms with Gasteiger partial charge in [0.1, 0.15) is 5.69 Å². The van der Waals surface area contributed by atoms with E-state index in [1.54, 1.807) is 7.05 Å². The second kappa shape index (κ2) is 3.73. The van der Waals surface area contributed by atoms with E-state index in [1.165, 1.54) is 0 Å². The zero-order valence-electron chi connectivity index (χ0n) is 9.04. The molecule has 1 aliphatic carbocycles. The fraction of sp³-hybridized carbons (Fsp3) is 0.778. The van der Waals surface area contributed by atoms with Gasteiger partial charge in [-0.2, -0.15) is 13.2 Å². The van der Waals surface area contributed by atoms with Gasteiger partial charge in [0, 0.05) is 6.54 Å². The molecule has 1 fully saturated rings. The van der Waals surface area contributed by atoms with E-state index >= 15 is 0 Å². The van der Waals surface area contributed by atoms with Crippen LogP contribution in [0.4, 0.5) is 13.2 Å². The highest BCUT2D eigenvalue weighted by atomic mass is 19.4. The monoisotopic (exact) mass is 234 g/mol. The quantitative estimate of drug-likeness (QED) is 0.863. The molecule has 1 saturated carbocycles. The number of halogens is 3. The summed E-state index contributed by atoms with van der Waals surface area (Å²) in [5, 5.41) is 9.88. The molecule has 1 N–H and O–H groups in total. The summed E-state index contributed by atoms with van der Waals surface area (Å²) in [6, 6.07) is -0.144. The van der Waals surface area contributed by atoms with Crippen LogP contribution in [0.2, 0.25) is 0 Å². The van der Waals surface area contributed by atoms with Gasteiger partial charge in [-0.3, -0.25) is 0 Å². The Morgan fingerprint density at radius 1 is 1.50 bits per heavy atom. The first-order valence-electron chi connectivity index (χ1n) is 5.11. The SMILES string of the molecule is CNCc1nnn(C2CC2C)c1C(F)(F)F. The van der Waals surface area contributed by atoms with Gasteiger partial charge >= 0.3 is 6.18 Å². The molecule has 0 aliphatic heterocycles. The van der Waals surface area contributed by atoms with Crippen molar-refractivity contribution in [2.45, 2.75) is 32.1 Å². The van der Waals surface area contributed by atoms with E-state index in [1.807, 2.05) is 6.92 Å². The summed E-state index contributed by atoms with van der Waals surface area (Å²) in [6.45, 7) is 1.99. The van der Waals surface area contributed by atoms with Crippen molar-refractivity contribution in [2.24, 2.45) is 5.92 Å². The molecular weight excluding hydrogens is 221 g/mol. The van der Waals surface area contributed by atoms with E-state index in [2.05, 4.69) is 15.6 Å². The maximum Gasteiger partial charge on any atom is 0.434 e. The van der Waals surface area contributed by atoms with E-state index < -0.39 is 11.9 Å². The summed E-state index contributed by atoms with van der Waals surface area (Å²) in [7, 11) is 1.58. The van der Waals surface area contributed by atoms with Crippen LogP contribution in [0, 0.1) is 5.92 Å². The van der Waals surface area contributed by atoms with Crippen molar-refractivity contribution in [1.82, 2.24) is 20.3 Å². The average Bonchev–Trinajstić information content (AvgIpc) is 2.74. The minimum atomic E-state index is -4.39. The molecule has 1 aromatic rings. The van der Waals surface area contributed by atoms with Crippen LogP contribution in [-0.2, 0) is 12.7 Å². The lowest BCUT2D eigenvalue weighted by Crippen LogP contribution is -2.18. The molecule has 4 nitrogen and oxygen atoms in total. The molecule has 2 rings (SSSR count). The summed E-state index contributed by atoms with van der Waals surface area (Å²) < 4.78 is 39.6. The van der Waals surface area contributed by atoms with Crippen LogP contribution in [0.3, 0.4) is 0 Å². The lowest BCUT2D eigenvalue weighted by atomic mass is 10.3. The number of rotatable bonds is 3. The van der Waals surface area contributed by atoms with Gasteiger partial charge in [0.2, 0.25) is 0 Å². The first kappa shape index (κ1) is 11.4. The largest absolute Gasteiger partial charge is 0.434 e. The van der Waals surface area contributed by atoms with Crippen molar-refractivity contribution in [2.75, 3.05) is 7.05 Å². The third-order valence-corrected chi connectivity index (χ3v) is 2.76. The molecule has 2 unspecified atom stereocenters. The number of nitrogens with one attached hydrogen (secondary N) is 1. The van der Waals surface area contributed by atoms with Gasteiger partial charge in [-0.1, -0.05) is 12.1 Å². The van der Waals surface area contributed by atoms with Crippen LogP contribution in [0.15, 0.2) is 0 Å². The van der Waals surface area contributed by atoms with Crippen LogP contribution >= 0.6 is 0 Å². The fourth-order valence-electron chi connectivity index (χ4n) is 1.78. The van der Waals surface area contributed by atoms with Crippen molar-refractivity contribution in [3.63, 3.8) is 0 Å². The van der Waals surface area contributed by atoms with Crippen molar-refractivity contribution in [3.05, 3.63) is 11.4 Å². The van der Waals surface area contributed by atoms with E-state index in [0.29, 0.717) is 0 Å². The molecule has 1 heterocycles. The Balaban J connectivity index is 2.38. The van der Waals surface area contributed by atoms with Gasteiger partial charge in [0.25, 0.3) is 0 Å². The maximum atomic E-state index is 12.9. The zero-order chi connectivity index (χ0) is 11.9. The Kier molecular flexibility index (Phi) is 2.65. The van der Waals surface area contributed by atoms with Crippen LogP contribution in [-0.4, -0.2) is 22.0 Å². The average molecular weight is 234 g/mol. The second-order valence-corrected chi connectivity index (χ2v) is 4.14. The highest BCUT2D eigenvalue weighted by molar-refractivity contribution is 5.16. The molecule has 0 amide bonds. The topological polar surface area (TPSA) is 42.7 Å². The molecule has 0 spiro atoms. The summed E-state index contributed by atoms with van der Waals surface area (Å²) in [4.78, 5) is 0. The lowest BCUT2D eigenvalue weighted by molar-refractivity contribution is -0.145. The molecule has 0 aromatic carbocycles. The third kappa shape index (κ3) is 1.91. The first-order chi connectivity index (χ1) is 7.45. The lowest BCUT2D eigenvalue weighted by Gasteiger charge is -2.10. The molecule has 1 aromatic heterocycles. The minimum absolute atomic E-state index is 0.0332. The molecular formula is C9H13F3N4. The number of hydrogen-bond donors (Lipinski definition) is 1. The second-order valence-electron chi connectivity index (χ2n) is 4.14. The number of hydrogen-bond acceptors (Lipinski definition) is 3. The van der Waals surface area contributed by atoms with E-state index in [4.69, 9.17) is 0 Å². The number of aromatic nitrogens is 3. The summed E-state index contributed by atoms with van der Waals surface area (Å²) in [5.74, 6) is 0.255. The summed E-state index contributed by atoms with van der Waals surface area (Å²) in [6.07, 6.45) is -3.65. The highest BCUT2D eigenvalue weighted by Crippen LogP contribution is 2.45. The van der Waals surface area contributed by atoms with E-state index in [-0.39, 0.29) is 24.2 Å². The zero-order valence-corrected chi connectivity index (χ0v) is 9.04. The summed E-state index contributed by atoms with van der Waals surface area (Å²) >= 11 is 0. The van der Waals surface area contributed by atoms with Crippen LogP contribution in [0.5, 0.6) is 0 Å². The van der Waals surface area contributed by atoms with Crippen molar-refractivity contribution in [3.8, 4) is 0 Å². The fourth-order valence-corrected chi connectivity index (χ4v) is 1.78. The van der Waals surface area contributed by atoms with Crippen LogP contribution < -0.4 is 5.32 Å². The summed E-state index contributed by atoms with van der Waals surface area (Å²) in [5.41, 5.74) is -0.745. The smallest absolute Gasteiger partial charge is 0.314 e.